The largest absolute Gasteiger partial charge is 0.493 e. The quantitative estimate of drug-likeness (QED) is 0.220. The number of anilines is 1. The number of carbonyl (C=O) groups is 1. The molecule has 0 radical (unpaired) electrons. The van der Waals surface area contributed by atoms with Gasteiger partial charge in [0.1, 0.15) is 11.0 Å². The molecule has 0 fully saturated rings. The van der Waals surface area contributed by atoms with Crippen molar-refractivity contribution >= 4 is 35.0 Å². The molecule has 14 heteroatoms. The highest BCUT2D eigenvalue weighted by molar-refractivity contribution is 8.01. The van der Waals surface area contributed by atoms with Crippen LogP contribution in [0.15, 0.2) is 58.1 Å². The van der Waals surface area contributed by atoms with Gasteiger partial charge in [0.05, 0.1) is 33.5 Å². The summed E-state index contributed by atoms with van der Waals surface area (Å²) in [4.78, 5) is 13.4. The van der Waals surface area contributed by atoms with Crippen molar-refractivity contribution in [2.45, 2.75) is 17.3 Å². The summed E-state index contributed by atoms with van der Waals surface area (Å²) in [6, 6.07) is 12.7. The minimum Gasteiger partial charge on any atom is -0.493 e. The van der Waals surface area contributed by atoms with Crippen molar-refractivity contribution in [3.63, 3.8) is 0 Å². The van der Waals surface area contributed by atoms with Gasteiger partial charge in [-0.2, -0.15) is 4.68 Å². The number of esters is 1. The third-order valence-electron chi connectivity index (χ3n) is 5.86. The number of thioether (sulfide) groups is 1. The van der Waals surface area contributed by atoms with Crippen molar-refractivity contribution in [1.82, 2.24) is 30.4 Å². The van der Waals surface area contributed by atoms with Gasteiger partial charge in [0.25, 0.3) is 0 Å². The van der Waals surface area contributed by atoms with Gasteiger partial charge in [0.15, 0.2) is 15.8 Å². The van der Waals surface area contributed by atoms with Gasteiger partial charge in [-0.25, -0.2) is 4.79 Å². The highest BCUT2D eigenvalue weighted by Gasteiger charge is 2.37. The van der Waals surface area contributed by atoms with E-state index in [-0.39, 0.29) is 6.61 Å². The van der Waals surface area contributed by atoms with Gasteiger partial charge >= 0.3 is 5.97 Å². The van der Waals surface area contributed by atoms with Crippen LogP contribution in [-0.4, -0.2) is 70.1 Å². The van der Waals surface area contributed by atoms with E-state index in [4.69, 9.17) is 18.9 Å². The maximum Gasteiger partial charge on any atom is 0.338 e. The highest BCUT2D eigenvalue weighted by Crippen LogP contribution is 2.44. The molecule has 202 valence electrons. The van der Waals surface area contributed by atoms with Crippen LogP contribution in [0, 0.1) is 0 Å². The molecule has 1 N–H and O–H groups in total. The number of ether oxygens (including phenoxy) is 4. The summed E-state index contributed by atoms with van der Waals surface area (Å²) in [6.07, 6.45) is 0. The van der Waals surface area contributed by atoms with E-state index >= 15 is 0 Å². The van der Waals surface area contributed by atoms with Crippen LogP contribution in [0.2, 0.25) is 0 Å². The van der Waals surface area contributed by atoms with Crippen LogP contribution in [0.4, 0.5) is 5.95 Å². The van der Waals surface area contributed by atoms with E-state index < -0.39 is 12.0 Å². The number of carbonyl (C=O) groups excluding carboxylic acids is 1. The van der Waals surface area contributed by atoms with Crippen LogP contribution >= 0.6 is 23.1 Å². The van der Waals surface area contributed by atoms with E-state index in [1.807, 2.05) is 30.3 Å². The molecular weight excluding hydrogens is 542 g/mol. The van der Waals surface area contributed by atoms with E-state index in [0.29, 0.717) is 45.8 Å². The van der Waals surface area contributed by atoms with Gasteiger partial charge in [0.2, 0.25) is 11.7 Å². The van der Waals surface area contributed by atoms with Gasteiger partial charge < -0.3 is 24.3 Å². The highest BCUT2D eigenvalue weighted by atomic mass is 32.2. The molecule has 1 aliphatic rings. The fraction of sp³-hybridized carbons (Fsp3) is 0.280. The van der Waals surface area contributed by atoms with E-state index in [1.165, 1.54) is 49.1 Å². The number of nitrogens with zero attached hydrogens (tertiary/aromatic N) is 6. The smallest absolute Gasteiger partial charge is 0.338 e. The summed E-state index contributed by atoms with van der Waals surface area (Å²) in [5.74, 6) is 1.54. The molecule has 0 aliphatic carbocycles. The van der Waals surface area contributed by atoms with E-state index in [2.05, 4.69) is 31.0 Å². The fourth-order valence-electron chi connectivity index (χ4n) is 4.16. The maximum atomic E-state index is 13.4. The molecular formula is C25H25N7O5S2. The zero-order valence-corrected chi connectivity index (χ0v) is 23.2. The first kappa shape index (κ1) is 26.4. The van der Waals surface area contributed by atoms with Crippen molar-refractivity contribution in [1.29, 1.82) is 0 Å². The minimum absolute atomic E-state index is 0.198. The van der Waals surface area contributed by atoms with Crippen LogP contribution < -0.4 is 19.5 Å². The molecule has 2 aromatic heterocycles. The van der Waals surface area contributed by atoms with Gasteiger partial charge in [-0.1, -0.05) is 58.5 Å². The molecule has 4 aromatic rings. The number of rotatable bonds is 10. The number of methoxy groups -OCH3 is 3. The lowest BCUT2D eigenvalue weighted by Crippen LogP contribution is -2.31. The average Bonchev–Trinajstić information content (AvgIpc) is 3.64. The molecule has 5 rings (SSSR count). The van der Waals surface area contributed by atoms with E-state index in [1.54, 1.807) is 19.1 Å². The van der Waals surface area contributed by atoms with E-state index in [9.17, 15) is 4.79 Å². The lowest BCUT2D eigenvalue weighted by molar-refractivity contribution is -0.139. The summed E-state index contributed by atoms with van der Waals surface area (Å²) in [5.41, 5.74) is 2.58. The second kappa shape index (κ2) is 11.7. The Kier molecular flexibility index (Phi) is 7.93. The Morgan fingerprint density at radius 2 is 1.79 bits per heavy atom. The second-order valence-electron chi connectivity index (χ2n) is 8.07. The minimum atomic E-state index is -0.728. The van der Waals surface area contributed by atoms with Crippen molar-refractivity contribution in [2.24, 2.45) is 0 Å². The molecule has 12 nitrogen and oxygen atoms in total. The number of hydrogen-bond donors (Lipinski definition) is 1. The maximum absolute atomic E-state index is 13.4. The second-order valence-corrected chi connectivity index (χ2v) is 10.3. The molecule has 0 spiro atoms. The first-order valence-electron chi connectivity index (χ1n) is 11.8. The topological polar surface area (TPSA) is 135 Å². The number of hydrogen-bond acceptors (Lipinski definition) is 13. The molecule has 0 amide bonds. The molecule has 3 heterocycles. The molecule has 1 atom stereocenters. The first-order chi connectivity index (χ1) is 19.1. The van der Waals surface area contributed by atoms with Crippen LogP contribution in [0.25, 0.3) is 10.6 Å². The summed E-state index contributed by atoms with van der Waals surface area (Å²) in [7, 11) is 4.59. The fourth-order valence-corrected chi connectivity index (χ4v) is 5.99. The molecule has 39 heavy (non-hydrogen) atoms. The zero-order valence-electron chi connectivity index (χ0n) is 21.6. The average molecular weight is 568 g/mol. The molecule has 1 unspecified atom stereocenters. The molecule has 0 saturated carbocycles. The van der Waals surface area contributed by atoms with Crippen LogP contribution in [-0.2, 0) is 9.53 Å². The number of nitrogens with one attached hydrogen (secondary N) is 1. The van der Waals surface area contributed by atoms with Crippen molar-refractivity contribution < 1.29 is 23.7 Å². The van der Waals surface area contributed by atoms with Crippen molar-refractivity contribution in [3.8, 4) is 27.8 Å². The normalized spacial score (nSPS) is 14.4. The van der Waals surface area contributed by atoms with Gasteiger partial charge in [-0.15, -0.1) is 10.2 Å². The third-order valence-corrected chi connectivity index (χ3v) is 8.00. The summed E-state index contributed by atoms with van der Waals surface area (Å²) in [6.45, 7) is 1.95. The Bertz CT molecular complexity index is 1480. The first-order valence-corrected chi connectivity index (χ1v) is 13.6. The predicted molar refractivity (Wildman–Crippen MR) is 145 cm³/mol. The summed E-state index contributed by atoms with van der Waals surface area (Å²) < 4.78 is 24.4. The Labute approximate surface area is 232 Å². The Morgan fingerprint density at radius 1 is 1.05 bits per heavy atom. The Balaban J connectivity index is 1.56. The monoisotopic (exact) mass is 567 g/mol. The molecule has 1 aliphatic heterocycles. The standard InChI is InChI=1S/C25H25N7O5S2/c1-5-37-23(33)19-16(13-38-25-29-27-22(39-25)14-9-7-6-8-10-14)26-24-28-30-31-32(24)20(19)15-11-17(34-2)21(36-4)18(12-15)35-3/h6-12,20H,5,13H2,1-4H3,(H,26,28,31). The lowest BCUT2D eigenvalue weighted by Gasteiger charge is -2.29. The molecule has 0 bridgehead atoms. The number of tetrazole rings is 1. The Hall–Kier alpha value is -4.17. The van der Waals surface area contributed by atoms with Crippen LogP contribution in [0.3, 0.4) is 0 Å². The van der Waals surface area contributed by atoms with Crippen molar-refractivity contribution in [3.05, 3.63) is 59.3 Å². The SMILES string of the molecule is CCOC(=O)C1=C(CSc2nnc(-c3ccccc3)s2)Nc2nnnn2C1c1cc(OC)c(OC)c(OC)c1. The van der Waals surface area contributed by atoms with Crippen LogP contribution in [0.1, 0.15) is 18.5 Å². The van der Waals surface area contributed by atoms with Gasteiger partial charge in [-0.3, -0.25) is 0 Å². The third kappa shape index (κ3) is 5.25. The van der Waals surface area contributed by atoms with Gasteiger partial charge in [-0.05, 0) is 35.0 Å². The van der Waals surface area contributed by atoms with Gasteiger partial charge in [0, 0.05) is 17.0 Å². The zero-order chi connectivity index (χ0) is 27.4. The number of fused-ring (bicyclic) bond motifs is 1. The molecule has 2 aromatic carbocycles. The van der Waals surface area contributed by atoms with Crippen molar-refractivity contribution in [2.75, 3.05) is 39.0 Å². The summed E-state index contributed by atoms with van der Waals surface area (Å²) >= 11 is 2.92. The summed E-state index contributed by atoms with van der Waals surface area (Å²) in [5, 5.41) is 24.8. The number of aromatic nitrogens is 6. The van der Waals surface area contributed by atoms with E-state index in [0.717, 1.165) is 14.9 Å². The Morgan fingerprint density at radius 3 is 2.46 bits per heavy atom. The number of benzene rings is 2. The lowest BCUT2D eigenvalue weighted by atomic mass is 9.95. The molecule has 0 saturated heterocycles. The van der Waals surface area contributed by atoms with Crippen LogP contribution in [0.5, 0.6) is 17.2 Å². The predicted octanol–water partition coefficient (Wildman–Crippen LogP) is 3.84.